The van der Waals surface area contributed by atoms with Gasteiger partial charge in [-0.15, -0.1) is 0 Å². The van der Waals surface area contributed by atoms with Crippen LogP contribution in [0, 0.1) is 62.6 Å². The van der Waals surface area contributed by atoms with Gasteiger partial charge in [0.15, 0.2) is 0 Å². The SMILES string of the molecule is CC(C)[C@@H]1CC[C@]2(C(=O)O)CC[C@]3(C)[C@H](CC[C@@H]4[C@@]5(C)CC[C@H](c6cccc(OC=O)c6)C(C)(C)[C@@H]5CC[C@]43C)[C@@H]12. The third-order valence-electron chi connectivity index (χ3n) is 15.2. The van der Waals surface area contributed by atoms with Crippen molar-refractivity contribution in [1.29, 1.82) is 0 Å². The van der Waals surface area contributed by atoms with Crippen LogP contribution in [-0.2, 0) is 9.59 Å². The van der Waals surface area contributed by atoms with Gasteiger partial charge in [-0.3, -0.25) is 9.59 Å². The summed E-state index contributed by atoms with van der Waals surface area (Å²) in [7, 11) is 0. The van der Waals surface area contributed by atoms with E-state index in [1.54, 1.807) is 0 Å². The summed E-state index contributed by atoms with van der Waals surface area (Å²) in [4.78, 5) is 24.0. The van der Waals surface area contributed by atoms with Crippen LogP contribution < -0.4 is 4.74 Å². The minimum absolute atomic E-state index is 0.144. The lowest BCUT2D eigenvalue weighted by atomic mass is 9.31. The summed E-state index contributed by atoms with van der Waals surface area (Å²) >= 11 is 0. The van der Waals surface area contributed by atoms with Gasteiger partial charge in [-0.05, 0) is 145 Å². The predicted octanol–water partition coefficient (Wildman–Crippen LogP) is 9.13. The number of rotatable bonds is 5. The molecule has 6 rings (SSSR count). The van der Waals surface area contributed by atoms with E-state index in [0.29, 0.717) is 53.6 Å². The molecule has 0 radical (unpaired) electrons. The first kappa shape index (κ1) is 29.2. The van der Waals surface area contributed by atoms with Crippen LogP contribution in [0.5, 0.6) is 5.75 Å². The Morgan fingerprint density at radius 1 is 0.902 bits per heavy atom. The van der Waals surface area contributed by atoms with Gasteiger partial charge in [-0.25, -0.2) is 0 Å². The molecule has 1 aromatic rings. The molecule has 5 saturated carbocycles. The Bertz CT molecular complexity index is 1200. The summed E-state index contributed by atoms with van der Waals surface area (Å²) in [6.45, 7) is 18.1. The summed E-state index contributed by atoms with van der Waals surface area (Å²) in [6.07, 6.45) is 11.3. The maximum atomic E-state index is 13.0. The molecule has 0 saturated heterocycles. The summed E-state index contributed by atoms with van der Waals surface area (Å²) in [5.41, 5.74) is 1.69. The quantitative estimate of drug-likeness (QED) is 0.364. The molecule has 226 valence electrons. The van der Waals surface area contributed by atoms with Gasteiger partial charge in [-0.2, -0.15) is 0 Å². The molecule has 0 unspecified atom stereocenters. The van der Waals surface area contributed by atoms with Crippen LogP contribution in [0.2, 0.25) is 0 Å². The number of carbonyl (C=O) groups is 2. The lowest BCUT2D eigenvalue weighted by Crippen LogP contribution is -2.66. The summed E-state index contributed by atoms with van der Waals surface area (Å²) in [5, 5.41) is 10.7. The Hall–Kier alpha value is -1.84. The summed E-state index contributed by atoms with van der Waals surface area (Å²) < 4.78 is 5.23. The van der Waals surface area contributed by atoms with Gasteiger partial charge >= 0.3 is 5.97 Å². The van der Waals surface area contributed by atoms with Gasteiger partial charge in [0.1, 0.15) is 5.75 Å². The predicted molar refractivity (Wildman–Crippen MR) is 163 cm³/mol. The van der Waals surface area contributed by atoms with Crippen molar-refractivity contribution in [1.82, 2.24) is 0 Å². The van der Waals surface area contributed by atoms with Crippen molar-refractivity contribution in [3.8, 4) is 5.75 Å². The van der Waals surface area contributed by atoms with Gasteiger partial charge in [0.25, 0.3) is 6.47 Å². The van der Waals surface area contributed by atoms with Crippen LogP contribution in [0.3, 0.4) is 0 Å². The molecule has 1 aromatic carbocycles. The molecule has 0 spiro atoms. The van der Waals surface area contributed by atoms with E-state index >= 15 is 0 Å². The molecule has 5 aliphatic rings. The highest BCUT2D eigenvalue weighted by Gasteiger charge is 2.72. The second-order valence-corrected chi connectivity index (χ2v) is 16.8. The van der Waals surface area contributed by atoms with Crippen molar-refractivity contribution in [2.24, 2.45) is 62.6 Å². The lowest BCUT2D eigenvalue weighted by molar-refractivity contribution is -0.241. The van der Waals surface area contributed by atoms with Crippen molar-refractivity contribution >= 4 is 12.4 Å². The number of hydrogen-bond donors (Lipinski definition) is 1. The second kappa shape index (κ2) is 9.58. The summed E-state index contributed by atoms with van der Waals surface area (Å²) in [6, 6.07) is 8.23. The minimum Gasteiger partial charge on any atom is -0.481 e. The highest BCUT2D eigenvalue weighted by Crippen LogP contribution is 2.78. The fourth-order valence-corrected chi connectivity index (χ4v) is 13.2. The van der Waals surface area contributed by atoms with Crippen LogP contribution in [0.25, 0.3) is 0 Å². The highest BCUT2D eigenvalue weighted by atomic mass is 16.5. The molecule has 10 atom stereocenters. The number of carbonyl (C=O) groups excluding carboxylic acids is 1. The van der Waals surface area contributed by atoms with E-state index in [1.165, 1.54) is 37.7 Å². The van der Waals surface area contributed by atoms with Crippen LogP contribution in [-0.4, -0.2) is 17.5 Å². The van der Waals surface area contributed by atoms with Gasteiger partial charge in [-0.1, -0.05) is 60.6 Å². The Morgan fingerprint density at radius 3 is 2.34 bits per heavy atom. The fraction of sp³-hybridized carbons (Fsp3) is 0.784. The monoisotopic (exact) mass is 562 g/mol. The van der Waals surface area contributed by atoms with E-state index in [9.17, 15) is 14.7 Å². The van der Waals surface area contributed by atoms with Crippen LogP contribution in [0.15, 0.2) is 24.3 Å². The molecule has 41 heavy (non-hydrogen) atoms. The molecular weight excluding hydrogens is 508 g/mol. The van der Waals surface area contributed by atoms with E-state index in [-0.39, 0.29) is 21.7 Å². The zero-order valence-corrected chi connectivity index (χ0v) is 26.7. The molecule has 1 N–H and O–H groups in total. The average Bonchev–Trinajstić information content (AvgIpc) is 3.31. The van der Waals surface area contributed by atoms with E-state index in [2.05, 4.69) is 60.6 Å². The molecule has 5 fully saturated rings. The number of carboxylic acids is 1. The first-order valence-corrected chi connectivity index (χ1v) is 16.7. The molecule has 5 aliphatic carbocycles. The van der Waals surface area contributed by atoms with Gasteiger partial charge in [0.2, 0.25) is 0 Å². The fourth-order valence-electron chi connectivity index (χ4n) is 13.2. The molecule has 0 bridgehead atoms. The van der Waals surface area contributed by atoms with Crippen molar-refractivity contribution in [2.45, 2.75) is 119 Å². The third-order valence-corrected chi connectivity index (χ3v) is 15.2. The molecule has 0 heterocycles. The third kappa shape index (κ3) is 3.83. The van der Waals surface area contributed by atoms with Crippen molar-refractivity contribution < 1.29 is 19.4 Å². The molecule has 4 heteroatoms. The first-order valence-electron chi connectivity index (χ1n) is 16.7. The number of ether oxygens (including phenoxy) is 1. The lowest BCUT2D eigenvalue weighted by Gasteiger charge is -2.73. The topological polar surface area (TPSA) is 63.6 Å². The number of aliphatic carboxylic acids is 1. The van der Waals surface area contributed by atoms with Crippen LogP contribution in [0.4, 0.5) is 0 Å². The van der Waals surface area contributed by atoms with Crippen molar-refractivity contribution in [3.63, 3.8) is 0 Å². The summed E-state index contributed by atoms with van der Waals surface area (Å²) in [5.74, 6) is 3.84. The zero-order valence-electron chi connectivity index (χ0n) is 26.7. The van der Waals surface area contributed by atoms with Crippen LogP contribution in [0.1, 0.15) is 124 Å². The molecule has 4 nitrogen and oxygen atoms in total. The van der Waals surface area contributed by atoms with Crippen molar-refractivity contribution in [3.05, 3.63) is 29.8 Å². The van der Waals surface area contributed by atoms with Gasteiger partial charge in [0, 0.05) is 0 Å². The number of hydrogen-bond acceptors (Lipinski definition) is 3. The Kier molecular flexibility index (Phi) is 6.83. The highest BCUT2D eigenvalue weighted by molar-refractivity contribution is 5.76. The number of fused-ring (bicyclic) bond motifs is 7. The van der Waals surface area contributed by atoms with Gasteiger partial charge < -0.3 is 9.84 Å². The average molecular weight is 563 g/mol. The molecule has 0 amide bonds. The Labute approximate surface area is 248 Å². The number of carboxylic acid groups (broad SMARTS) is 1. The largest absolute Gasteiger partial charge is 0.481 e. The van der Waals surface area contributed by atoms with Crippen molar-refractivity contribution in [2.75, 3.05) is 0 Å². The Morgan fingerprint density at radius 2 is 1.66 bits per heavy atom. The standard InChI is InChI=1S/C37H54O4/c1-23(2)26-13-18-37(32(39)40)20-19-35(6)28(31(26)37)11-12-30-34(5)16-14-27(24-9-8-10-25(21-24)41-22-38)33(3,4)29(34)15-17-36(30,35)7/h8-10,21-23,26-31H,11-20H2,1-7H3,(H,39,40)/t26-,27+,28+,29-,30+,31+,34-,35+,36+,37-/m0/s1. The normalized spacial score (nSPS) is 46.5. The Balaban J connectivity index is 1.34. The molecule has 0 aromatic heterocycles. The van der Waals surface area contributed by atoms with E-state index in [0.717, 1.165) is 32.1 Å². The second-order valence-electron chi connectivity index (χ2n) is 16.8. The number of benzene rings is 1. The van der Waals surface area contributed by atoms with E-state index < -0.39 is 11.4 Å². The zero-order chi connectivity index (χ0) is 29.6. The van der Waals surface area contributed by atoms with Gasteiger partial charge in [0.05, 0.1) is 5.41 Å². The minimum atomic E-state index is -0.502. The maximum Gasteiger partial charge on any atom is 0.309 e. The smallest absolute Gasteiger partial charge is 0.309 e. The first-order chi connectivity index (χ1) is 19.3. The van der Waals surface area contributed by atoms with E-state index in [4.69, 9.17) is 4.74 Å². The van der Waals surface area contributed by atoms with Crippen LogP contribution >= 0.6 is 0 Å². The molecule has 0 aliphatic heterocycles. The molecular formula is C37H54O4. The van der Waals surface area contributed by atoms with E-state index in [1.807, 2.05) is 12.1 Å². The maximum absolute atomic E-state index is 13.0.